The van der Waals surface area contributed by atoms with Crippen LogP contribution in [-0.2, 0) is 11.3 Å². The van der Waals surface area contributed by atoms with Crippen LogP contribution in [0.2, 0.25) is 0 Å². The lowest BCUT2D eigenvalue weighted by Gasteiger charge is -2.47. The zero-order valence-corrected chi connectivity index (χ0v) is 12.7. The highest BCUT2D eigenvalue weighted by Crippen LogP contribution is 2.30. The molecule has 2 rings (SSSR count). The molecule has 0 saturated carbocycles. The van der Waals surface area contributed by atoms with Gasteiger partial charge in [0.05, 0.1) is 11.2 Å². The van der Waals surface area contributed by atoms with Gasteiger partial charge < -0.3 is 15.0 Å². The summed E-state index contributed by atoms with van der Waals surface area (Å²) in [5, 5.41) is 3.14. The van der Waals surface area contributed by atoms with Crippen molar-refractivity contribution >= 4 is 5.82 Å². The highest BCUT2D eigenvalue weighted by atomic mass is 16.5. The Morgan fingerprint density at radius 3 is 2.32 bits per heavy atom. The van der Waals surface area contributed by atoms with Gasteiger partial charge in [0.2, 0.25) is 0 Å². The van der Waals surface area contributed by atoms with Gasteiger partial charge in [0.15, 0.2) is 0 Å². The van der Waals surface area contributed by atoms with Gasteiger partial charge in [0, 0.05) is 25.8 Å². The number of anilines is 1. The van der Waals surface area contributed by atoms with E-state index in [1.54, 1.807) is 0 Å². The number of hydrogen-bond acceptors (Lipinski definition) is 4. The maximum atomic E-state index is 6.10. The van der Waals surface area contributed by atoms with E-state index in [0.29, 0.717) is 0 Å². The second-order valence-corrected chi connectivity index (χ2v) is 6.53. The van der Waals surface area contributed by atoms with Gasteiger partial charge in [0.1, 0.15) is 5.82 Å². The normalized spacial score (nSPS) is 21.4. The minimum Gasteiger partial charge on any atom is -0.366 e. The van der Waals surface area contributed by atoms with Gasteiger partial charge in [-0.05, 0) is 46.4 Å². The number of nitrogens with zero attached hydrogens (tertiary/aromatic N) is 2. The third-order valence-electron chi connectivity index (χ3n) is 3.21. The molecule has 0 bridgehead atoms. The Hall–Kier alpha value is -1.13. The van der Waals surface area contributed by atoms with Gasteiger partial charge in [-0.15, -0.1) is 0 Å². The smallest absolute Gasteiger partial charge is 0.128 e. The van der Waals surface area contributed by atoms with Crippen LogP contribution in [0.4, 0.5) is 5.82 Å². The van der Waals surface area contributed by atoms with Crippen LogP contribution < -0.4 is 10.2 Å². The van der Waals surface area contributed by atoms with E-state index in [4.69, 9.17) is 4.74 Å². The molecule has 2 heterocycles. The predicted octanol–water partition coefficient (Wildman–Crippen LogP) is 2.19. The van der Waals surface area contributed by atoms with E-state index >= 15 is 0 Å². The van der Waals surface area contributed by atoms with Crippen molar-refractivity contribution in [1.29, 1.82) is 0 Å². The number of ether oxygens (including phenoxy) is 1. The molecule has 0 unspecified atom stereocenters. The number of hydrogen-bond donors (Lipinski definition) is 1. The van der Waals surface area contributed by atoms with Gasteiger partial charge >= 0.3 is 0 Å². The summed E-state index contributed by atoms with van der Waals surface area (Å²) in [5.74, 6) is 1.03. The summed E-state index contributed by atoms with van der Waals surface area (Å²) in [6, 6.07) is 4.23. The minimum atomic E-state index is -0.146. The molecule has 1 aromatic rings. The Balaban J connectivity index is 2.16. The summed E-state index contributed by atoms with van der Waals surface area (Å²) in [4.78, 5) is 6.89. The number of pyridine rings is 1. The SMILES string of the molecule is CNCc1ccc(N2CC(C)(C)OC(C)(C)C2)nc1. The average Bonchev–Trinajstić information content (AvgIpc) is 2.26. The molecular formula is C15H25N3O. The first-order chi connectivity index (χ1) is 8.81. The van der Waals surface area contributed by atoms with Crippen LogP contribution in [0.15, 0.2) is 18.3 Å². The van der Waals surface area contributed by atoms with Crippen LogP contribution >= 0.6 is 0 Å². The summed E-state index contributed by atoms with van der Waals surface area (Å²) in [6.45, 7) is 11.1. The number of morpholine rings is 1. The highest BCUT2D eigenvalue weighted by molar-refractivity contribution is 5.41. The van der Waals surface area contributed by atoms with E-state index in [0.717, 1.165) is 25.5 Å². The zero-order chi connectivity index (χ0) is 14.1. The fraction of sp³-hybridized carbons (Fsp3) is 0.667. The second-order valence-electron chi connectivity index (χ2n) is 6.53. The Morgan fingerprint density at radius 2 is 1.84 bits per heavy atom. The maximum absolute atomic E-state index is 6.10. The number of aromatic nitrogens is 1. The van der Waals surface area contributed by atoms with E-state index in [1.807, 2.05) is 13.2 Å². The van der Waals surface area contributed by atoms with Crippen LogP contribution in [0.5, 0.6) is 0 Å². The Bertz CT molecular complexity index is 410. The average molecular weight is 263 g/mol. The predicted molar refractivity (Wildman–Crippen MR) is 78.5 cm³/mol. The van der Waals surface area contributed by atoms with Gasteiger partial charge in [-0.2, -0.15) is 0 Å². The molecule has 1 aromatic heterocycles. The van der Waals surface area contributed by atoms with Crippen molar-refractivity contribution in [3.63, 3.8) is 0 Å². The molecule has 1 aliphatic heterocycles. The lowest BCUT2D eigenvalue weighted by Crippen LogP contribution is -2.57. The number of nitrogens with one attached hydrogen (secondary N) is 1. The van der Waals surface area contributed by atoms with Crippen molar-refractivity contribution in [3.8, 4) is 0 Å². The van der Waals surface area contributed by atoms with Crippen molar-refractivity contribution in [3.05, 3.63) is 23.9 Å². The highest BCUT2D eigenvalue weighted by Gasteiger charge is 2.38. The quantitative estimate of drug-likeness (QED) is 0.907. The molecule has 106 valence electrons. The van der Waals surface area contributed by atoms with Crippen LogP contribution in [0.3, 0.4) is 0 Å². The van der Waals surface area contributed by atoms with Gasteiger partial charge in [-0.1, -0.05) is 6.07 Å². The topological polar surface area (TPSA) is 37.4 Å². The molecule has 0 amide bonds. The minimum absolute atomic E-state index is 0.146. The van der Waals surface area contributed by atoms with E-state index in [9.17, 15) is 0 Å². The molecule has 4 nitrogen and oxygen atoms in total. The second kappa shape index (κ2) is 5.10. The molecule has 0 aliphatic carbocycles. The standard InChI is InChI=1S/C15H25N3O/c1-14(2)10-18(11-15(3,4)19-14)13-7-6-12(8-16-5)9-17-13/h6-7,9,16H,8,10-11H2,1-5H3. The van der Waals surface area contributed by atoms with Gasteiger partial charge in [0.25, 0.3) is 0 Å². The van der Waals surface area contributed by atoms with E-state index in [-0.39, 0.29) is 11.2 Å². The third-order valence-corrected chi connectivity index (χ3v) is 3.21. The van der Waals surface area contributed by atoms with Gasteiger partial charge in [-0.25, -0.2) is 4.98 Å². The lowest BCUT2D eigenvalue weighted by molar-refractivity contribution is -0.133. The molecule has 19 heavy (non-hydrogen) atoms. The lowest BCUT2D eigenvalue weighted by atomic mass is 9.99. The van der Waals surface area contributed by atoms with Crippen molar-refractivity contribution in [2.75, 3.05) is 25.0 Å². The molecule has 4 heteroatoms. The molecule has 0 atom stereocenters. The van der Waals surface area contributed by atoms with Crippen LogP contribution in [0.25, 0.3) is 0 Å². The van der Waals surface area contributed by atoms with Crippen molar-refractivity contribution in [2.24, 2.45) is 0 Å². The fourth-order valence-corrected chi connectivity index (χ4v) is 2.86. The summed E-state index contributed by atoms with van der Waals surface area (Å²) in [7, 11) is 1.95. The summed E-state index contributed by atoms with van der Waals surface area (Å²) >= 11 is 0. The summed E-state index contributed by atoms with van der Waals surface area (Å²) in [6.07, 6.45) is 1.95. The zero-order valence-electron chi connectivity index (χ0n) is 12.7. The van der Waals surface area contributed by atoms with Crippen molar-refractivity contribution in [2.45, 2.75) is 45.4 Å². The Kier molecular flexibility index (Phi) is 3.83. The Labute approximate surface area is 116 Å². The van der Waals surface area contributed by atoms with Crippen LogP contribution in [0, 0.1) is 0 Å². The monoisotopic (exact) mass is 263 g/mol. The Morgan fingerprint density at radius 1 is 1.21 bits per heavy atom. The molecule has 0 radical (unpaired) electrons. The van der Waals surface area contributed by atoms with Crippen molar-refractivity contribution in [1.82, 2.24) is 10.3 Å². The van der Waals surface area contributed by atoms with Crippen LogP contribution in [-0.4, -0.2) is 36.3 Å². The molecular weight excluding hydrogens is 238 g/mol. The first-order valence-electron chi connectivity index (χ1n) is 6.86. The molecule has 0 aromatic carbocycles. The fourth-order valence-electron chi connectivity index (χ4n) is 2.86. The first kappa shape index (κ1) is 14.3. The molecule has 1 fully saturated rings. The molecule has 1 saturated heterocycles. The summed E-state index contributed by atoms with van der Waals surface area (Å²) in [5.41, 5.74) is 0.915. The molecule has 1 aliphatic rings. The van der Waals surface area contributed by atoms with E-state index < -0.39 is 0 Å². The number of rotatable bonds is 3. The first-order valence-corrected chi connectivity index (χ1v) is 6.86. The third kappa shape index (κ3) is 3.67. The molecule has 0 spiro atoms. The van der Waals surface area contributed by atoms with Gasteiger partial charge in [-0.3, -0.25) is 0 Å². The van der Waals surface area contributed by atoms with E-state index in [2.05, 4.69) is 55.0 Å². The van der Waals surface area contributed by atoms with Crippen LogP contribution in [0.1, 0.15) is 33.3 Å². The summed E-state index contributed by atoms with van der Waals surface area (Å²) < 4.78 is 6.10. The largest absolute Gasteiger partial charge is 0.366 e. The maximum Gasteiger partial charge on any atom is 0.128 e. The van der Waals surface area contributed by atoms with E-state index in [1.165, 1.54) is 5.56 Å². The van der Waals surface area contributed by atoms with Crippen molar-refractivity contribution < 1.29 is 4.74 Å². The molecule has 1 N–H and O–H groups in total.